The summed E-state index contributed by atoms with van der Waals surface area (Å²) in [7, 11) is 4.99. The summed E-state index contributed by atoms with van der Waals surface area (Å²) in [6.07, 6.45) is 0. The highest BCUT2D eigenvalue weighted by molar-refractivity contribution is 5.76. The monoisotopic (exact) mass is 280 g/mol. The predicted molar refractivity (Wildman–Crippen MR) is 80.3 cm³/mol. The van der Waals surface area contributed by atoms with Crippen molar-refractivity contribution in [3.05, 3.63) is 24.3 Å². The van der Waals surface area contributed by atoms with Crippen LogP contribution in [0.5, 0.6) is 5.75 Å². The molecule has 1 N–H and O–H groups in total. The van der Waals surface area contributed by atoms with Gasteiger partial charge in [0.05, 0.1) is 14.2 Å². The number of likely N-dealkylation sites (N-methyl/N-ethyl adjacent to an activating group) is 1. The highest BCUT2D eigenvalue weighted by atomic mass is 16.5. The van der Waals surface area contributed by atoms with Crippen LogP contribution < -0.4 is 15.0 Å². The molecule has 0 bridgehead atoms. The molecule has 0 heterocycles. The normalized spacial score (nSPS) is 12.1. The van der Waals surface area contributed by atoms with Crippen LogP contribution in [-0.4, -0.2) is 45.9 Å². The second-order valence-corrected chi connectivity index (χ2v) is 4.98. The van der Waals surface area contributed by atoms with E-state index in [0.29, 0.717) is 6.54 Å². The van der Waals surface area contributed by atoms with Crippen LogP contribution in [0.4, 0.5) is 5.69 Å². The first-order valence-electron chi connectivity index (χ1n) is 6.67. The van der Waals surface area contributed by atoms with Crippen molar-refractivity contribution in [1.29, 1.82) is 0 Å². The molecule has 1 atom stereocenters. The third-order valence-corrected chi connectivity index (χ3v) is 2.99. The van der Waals surface area contributed by atoms with Gasteiger partial charge in [-0.3, -0.25) is 4.79 Å². The summed E-state index contributed by atoms with van der Waals surface area (Å²) in [5, 5.41) is 3.21. The van der Waals surface area contributed by atoms with Crippen molar-refractivity contribution in [2.75, 3.05) is 32.7 Å². The molecule has 0 aliphatic carbocycles. The highest BCUT2D eigenvalue weighted by Gasteiger charge is 2.21. The van der Waals surface area contributed by atoms with Crippen molar-refractivity contribution in [3.8, 4) is 5.75 Å². The summed E-state index contributed by atoms with van der Waals surface area (Å²) < 4.78 is 9.97. The molecule has 0 saturated carbocycles. The Morgan fingerprint density at radius 3 is 2.30 bits per heavy atom. The summed E-state index contributed by atoms with van der Waals surface area (Å²) in [6, 6.07) is 7.57. The second kappa shape index (κ2) is 7.75. The van der Waals surface area contributed by atoms with Crippen LogP contribution in [0.2, 0.25) is 0 Å². The Hall–Kier alpha value is -1.75. The number of carbonyl (C=O) groups excluding carboxylic acids is 1. The Morgan fingerprint density at radius 2 is 1.85 bits per heavy atom. The number of benzene rings is 1. The molecule has 0 amide bonds. The SMILES string of the molecule is COC(=O)C(CN(C)c1ccc(OC)cc1)NC(C)C. The molecule has 20 heavy (non-hydrogen) atoms. The number of hydrogen-bond acceptors (Lipinski definition) is 5. The van der Waals surface area contributed by atoms with Gasteiger partial charge in [0.1, 0.15) is 11.8 Å². The Kier molecular flexibility index (Phi) is 6.31. The minimum atomic E-state index is -0.355. The average Bonchev–Trinajstić information content (AvgIpc) is 2.45. The molecule has 0 aromatic heterocycles. The van der Waals surface area contributed by atoms with Crippen molar-refractivity contribution in [3.63, 3.8) is 0 Å². The molecule has 0 radical (unpaired) electrons. The molecule has 5 nitrogen and oxygen atoms in total. The first kappa shape index (κ1) is 16.3. The van der Waals surface area contributed by atoms with Gasteiger partial charge in [-0.2, -0.15) is 0 Å². The maximum atomic E-state index is 11.8. The first-order chi connectivity index (χ1) is 9.47. The van der Waals surface area contributed by atoms with Crippen molar-refractivity contribution in [2.24, 2.45) is 0 Å². The van der Waals surface area contributed by atoms with Gasteiger partial charge in [-0.05, 0) is 24.3 Å². The summed E-state index contributed by atoms with van der Waals surface area (Å²) >= 11 is 0. The quantitative estimate of drug-likeness (QED) is 0.770. The molecule has 0 aliphatic rings. The Labute approximate surface area is 120 Å². The van der Waals surface area contributed by atoms with Crippen LogP contribution >= 0.6 is 0 Å². The van der Waals surface area contributed by atoms with E-state index in [1.807, 2.05) is 50.1 Å². The van der Waals surface area contributed by atoms with Crippen molar-refractivity contribution in [1.82, 2.24) is 5.32 Å². The fourth-order valence-corrected chi connectivity index (χ4v) is 1.96. The maximum absolute atomic E-state index is 11.8. The van der Waals surface area contributed by atoms with Crippen LogP contribution in [0.25, 0.3) is 0 Å². The smallest absolute Gasteiger partial charge is 0.324 e. The number of nitrogens with one attached hydrogen (secondary N) is 1. The fourth-order valence-electron chi connectivity index (χ4n) is 1.96. The number of esters is 1. The Bertz CT molecular complexity index is 418. The van der Waals surface area contributed by atoms with E-state index in [1.54, 1.807) is 7.11 Å². The van der Waals surface area contributed by atoms with Crippen LogP contribution in [0, 0.1) is 0 Å². The van der Waals surface area contributed by atoms with Crippen LogP contribution in [0.3, 0.4) is 0 Å². The average molecular weight is 280 g/mol. The second-order valence-electron chi connectivity index (χ2n) is 4.98. The highest BCUT2D eigenvalue weighted by Crippen LogP contribution is 2.18. The minimum Gasteiger partial charge on any atom is -0.497 e. The largest absolute Gasteiger partial charge is 0.497 e. The van der Waals surface area contributed by atoms with Crippen molar-refractivity contribution >= 4 is 11.7 Å². The number of carbonyl (C=O) groups is 1. The zero-order valence-corrected chi connectivity index (χ0v) is 12.8. The standard InChI is InChI=1S/C15H24N2O3/c1-11(2)16-14(15(18)20-5)10-17(3)12-6-8-13(19-4)9-7-12/h6-9,11,14,16H,10H2,1-5H3. The van der Waals surface area contributed by atoms with Crippen LogP contribution in [-0.2, 0) is 9.53 Å². The fraction of sp³-hybridized carbons (Fsp3) is 0.533. The van der Waals surface area contributed by atoms with E-state index in [1.165, 1.54) is 7.11 Å². The van der Waals surface area contributed by atoms with Crippen LogP contribution in [0.1, 0.15) is 13.8 Å². The van der Waals surface area contributed by atoms with Gasteiger partial charge >= 0.3 is 5.97 Å². The van der Waals surface area contributed by atoms with E-state index in [9.17, 15) is 4.79 Å². The van der Waals surface area contributed by atoms with Gasteiger partial charge < -0.3 is 19.7 Å². The van der Waals surface area contributed by atoms with E-state index in [4.69, 9.17) is 9.47 Å². The molecule has 0 aliphatic heterocycles. The Morgan fingerprint density at radius 1 is 1.25 bits per heavy atom. The van der Waals surface area contributed by atoms with E-state index >= 15 is 0 Å². The molecule has 5 heteroatoms. The molecule has 0 saturated heterocycles. The van der Waals surface area contributed by atoms with E-state index in [2.05, 4.69) is 5.32 Å². The van der Waals surface area contributed by atoms with Crippen molar-refractivity contribution in [2.45, 2.75) is 25.9 Å². The van der Waals surface area contributed by atoms with Crippen molar-refractivity contribution < 1.29 is 14.3 Å². The minimum absolute atomic E-state index is 0.211. The lowest BCUT2D eigenvalue weighted by molar-refractivity contribution is -0.143. The number of methoxy groups -OCH3 is 2. The van der Waals surface area contributed by atoms with Gasteiger partial charge in [0.25, 0.3) is 0 Å². The lowest BCUT2D eigenvalue weighted by Crippen LogP contribution is -2.48. The predicted octanol–water partition coefficient (Wildman–Crippen LogP) is 1.67. The molecule has 0 spiro atoms. The molecule has 1 unspecified atom stereocenters. The van der Waals surface area contributed by atoms with Gasteiger partial charge in [-0.15, -0.1) is 0 Å². The van der Waals surface area contributed by atoms with E-state index in [0.717, 1.165) is 11.4 Å². The lowest BCUT2D eigenvalue weighted by atomic mass is 10.2. The topological polar surface area (TPSA) is 50.8 Å². The zero-order valence-electron chi connectivity index (χ0n) is 12.8. The number of ether oxygens (including phenoxy) is 2. The summed E-state index contributed by atoms with van der Waals surface area (Å²) in [6.45, 7) is 4.55. The third-order valence-electron chi connectivity index (χ3n) is 2.99. The molecule has 1 aromatic rings. The lowest BCUT2D eigenvalue weighted by Gasteiger charge is -2.26. The maximum Gasteiger partial charge on any atom is 0.324 e. The molecule has 1 rings (SSSR count). The summed E-state index contributed by atoms with van der Waals surface area (Å²) in [5.41, 5.74) is 1.02. The van der Waals surface area contributed by atoms with Gasteiger partial charge in [-0.25, -0.2) is 0 Å². The molecule has 112 valence electrons. The van der Waals surface area contributed by atoms with E-state index in [-0.39, 0.29) is 18.1 Å². The zero-order chi connectivity index (χ0) is 15.1. The Balaban J connectivity index is 2.73. The molecule has 0 fully saturated rings. The number of rotatable bonds is 7. The number of hydrogen-bond donors (Lipinski definition) is 1. The summed E-state index contributed by atoms with van der Waals surface area (Å²) in [5.74, 6) is 0.561. The van der Waals surface area contributed by atoms with Gasteiger partial charge in [0.2, 0.25) is 0 Å². The third kappa shape index (κ3) is 4.74. The number of nitrogens with zero attached hydrogens (tertiary/aromatic N) is 1. The first-order valence-corrected chi connectivity index (χ1v) is 6.67. The van der Waals surface area contributed by atoms with E-state index < -0.39 is 0 Å². The molecular formula is C15H24N2O3. The van der Waals surface area contributed by atoms with Gasteiger partial charge in [0.15, 0.2) is 0 Å². The molecular weight excluding hydrogens is 256 g/mol. The number of anilines is 1. The van der Waals surface area contributed by atoms with Crippen LogP contribution in [0.15, 0.2) is 24.3 Å². The van der Waals surface area contributed by atoms with Gasteiger partial charge in [-0.1, -0.05) is 13.8 Å². The summed E-state index contributed by atoms with van der Waals surface area (Å²) in [4.78, 5) is 13.8. The molecule has 1 aromatic carbocycles. The van der Waals surface area contributed by atoms with Gasteiger partial charge in [0, 0.05) is 25.3 Å².